The van der Waals surface area contributed by atoms with Gasteiger partial charge in [0, 0.05) is 22.4 Å². The van der Waals surface area contributed by atoms with Crippen LogP contribution in [0.5, 0.6) is 0 Å². The average Bonchev–Trinajstić information content (AvgIpc) is 2.34. The summed E-state index contributed by atoms with van der Waals surface area (Å²) < 4.78 is 22.3. The van der Waals surface area contributed by atoms with Gasteiger partial charge in [-0.25, -0.2) is 8.42 Å². The molecule has 0 bridgehead atoms. The fraction of sp³-hybridized carbons (Fsp3) is 0.538. The molecule has 108 valence electrons. The minimum atomic E-state index is -3.04. The van der Waals surface area contributed by atoms with E-state index in [1.165, 1.54) is 6.26 Å². The largest absolute Gasteiger partial charge is 0.395 e. The number of hydrogen-bond acceptors (Lipinski definition) is 4. The van der Waals surface area contributed by atoms with E-state index in [1.807, 2.05) is 0 Å². The Bertz CT molecular complexity index is 509. The summed E-state index contributed by atoms with van der Waals surface area (Å²) in [7, 11) is -3.04. The highest BCUT2D eigenvalue weighted by Gasteiger charge is 2.31. The lowest BCUT2D eigenvalue weighted by molar-refractivity contribution is 0.109. The molecule has 0 amide bonds. The van der Waals surface area contributed by atoms with Crippen LogP contribution in [-0.2, 0) is 15.3 Å². The molecule has 6 heteroatoms. The molecule has 2 N–H and O–H groups in total. The Hall–Kier alpha value is -0.620. The normalized spacial score (nSPS) is 12.6. The zero-order valence-corrected chi connectivity index (χ0v) is 12.4. The molecule has 19 heavy (non-hydrogen) atoms. The minimum absolute atomic E-state index is 0.0370. The van der Waals surface area contributed by atoms with Crippen LogP contribution in [0.15, 0.2) is 24.3 Å². The van der Waals surface area contributed by atoms with Crippen molar-refractivity contribution in [3.63, 3.8) is 0 Å². The lowest BCUT2D eigenvalue weighted by Crippen LogP contribution is -2.35. The predicted molar refractivity (Wildman–Crippen MR) is 76.2 cm³/mol. The first-order valence-electron chi connectivity index (χ1n) is 5.98. The van der Waals surface area contributed by atoms with E-state index in [1.54, 1.807) is 24.3 Å². The Kier molecular flexibility index (Phi) is 5.80. The van der Waals surface area contributed by atoms with Gasteiger partial charge in [-0.1, -0.05) is 23.7 Å². The summed E-state index contributed by atoms with van der Waals surface area (Å²) in [5, 5.41) is 19.7. The number of sulfone groups is 1. The standard InChI is InChI=1S/C13H19ClO4S/c1-19(17,18)7-3-6-13(9-15,10-16)11-4-2-5-12(14)8-11/h2,4-5,8,15-16H,3,6-7,9-10H2,1H3. The number of rotatable bonds is 7. The Balaban J connectivity index is 2.91. The number of halogens is 1. The highest BCUT2D eigenvalue weighted by molar-refractivity contribution is 7.90. The molecule has 0 heterocycles. The molecule has 1 aromatic carbocycles. The number of aliphatic hydroxyl groups is 2. The van der Waals surface area contributed by atoms with Gasteiger partial charge in [0.1, 0.15) is 9.84 Å². The number of aliphatic hydroxyl groups excluding tert-OH is 2. The first-order valence-corrected chi connectivity index (χ1v) is 8.42. The summed E-state index contributed by atoms with van der Waals surface area (Å²) in [5.74, 6) is 0.0370. The van der Waals surface area contributed by atoms with E-state index < -0.39 is 15.3 Å². The molecule has 0 unspecified atom stereocenters. The van der Waals surface area contributed by atoms with Gasteiger partial charge in [-0.05, 0) is 30.5 Å². The van der Waals surface area contributed by atoms with Crippen LogP contribution in [0.2, 0.25) is 5.02 Å². The Morgan fingerprint density at radius 1 is 1.26 bits per heavy atom. The summed E-state index contributed by atoms with van der Waals surface area (Å²) in [6.45, 7) is -0.513. The Morgan fingerprint density at radius 2 is 1.89 bits per heavy atom. The molecule has 0 aromatic heterocycles. The molecule has 0 spiro atoms. The van der Waals surface area contributed by atoms with Crippen molar-refractivity contribution >= 4 is 21.4 Å². The summed E-state index contributed by atoms with van der Waals surface area (Å²) in [4.78, 5) is 0. The van der Waals surface area contributed by atoms with E-state index >= 15 is 0 Å². The van der Waals surface area contributed by atoms with Gasteiger partial charge < -0.3 is 10.2 Å². The van der Waals surface area contributed by atoms with Crippen LogP contribution in [0.4, 0.5) is 0 Å². The number of hydrogen-bond donors (Lipinski definition) is 2. The monoisotopic (exact) mass is 306 g/mol. The summed E-state index contributed by atoms with van der Waals surface area (Å²) in [5.41, 5.74) is -0.131. The van der Waals surface area contributed by atoms with E-state index in [0.29, 0.717) is 17.9 Å². The Morgan fingerprint density at radius 3 is 2.37 bits per heavy atom. The average molecular weight is 307 g/mol. The second-order valence-electron chi connectivity index (χ2n) is 4.84. The van der Waals surface area contributed by atoms with E-state index in [-0.39, 0.29) is 19.0 Å². The molecule has 1 aromatic rings. The van der Waals surface area contributed by atoms with Gasteiger partial charge in [0.15, 0.2) is 0 Å². The molecule has 0 saturated carbocycles. The van der Waals surface area contributed by atoms with Gasteiger partial charge in [-0.3, -0.25) is 0 Å². The lowest BCUT2D eigenvalue weighted by Gasteiger charge is -2.30. The predicted octanol–water partition coefficient (Wildman–Crippen LogP) is 1.39. The van der Waals surface area contributed by atoms with Crippen molar-refractivity contribution in [1.29, 1.82) is 0 Å². The topological polar surface area (TPSA) is 74.6 Å². The highest BCUT2D eigenvalue weighted by Crippen LogP contribution is 2.30. The highest BCUT2D eigenvalue weighted by atomic mass is 35.5. The second-order valence-corrected chi connectivity index (χ2v) is 7.54. The first kappa shape index (κ1) is 16.4. The molecule has 0 atom stereocenters. The minimum Gasteiger partial charge on any atom is -0.395 e. The van der Waals surface area contributed by atoms with E-state index in [4.69, 9.17) is 11.6 Å². The maximum atomic E-state index is 11.1. The molecule has 4 nitrogen and oxygen atoms in total. The van der Waals surface area contributed by atoms with Crippen LogP contribution in [0.1, 0.15) is 18.4 Å². The fourth-order valence-corrected chi connectivity index (χ4v) is 2.89. The molecular weight excluding hydrogens is 288 g/mol. The van der Waals surface area contributed by atoms with Crippen molar-refractivity contribution in [3.8, 4) is 0 Å². The molecule has 0 fully saturated rings. The zero-order chi connectivity index (χ0) is 14.5. The first-order chi connectivity index (χ1) is 8.83. The van der Waals surface area contributed by atoms with Crippen molar-refractivity contribution in [3.05, 3.63) is 34.9 Å². The van der Waals surface area contributed by atoms with Crippen LogP contribution in [0.25, 0.3) is 0 Å². The molecular formula is C13H19ClO4S. The second kappa shape index (κ2) is 6.70. The van der Waals surface area contributed by atoms with E-state index in [9.17, 15) is 18.6 Å². The maximum absolute atomic E-state index is 11.1. The van der Waals surface area contributed by atoms with Crippen LogP contribution in [-0.4, -0.2) is 43.9 Å². The quantitative estimate of drug-likeness (QED) is 0.798. The summed E-state index contributed by atoms with van der Waals surface area (Å²) >= 11 is 5.91. The van der Waals surface area contributed by atoms with Crippen molar-refractivity contribution in [2.45, 2.75) is 18.3 Å². The fourth-order valence-electron chi connectivity index (χ4n) is 2.03. The summed E-state index contributed by atoms with van der Waals surface area (Å²) in [6, 6.07) is 6.92. The van der Waals surface area contributed by atoms with E-state index in [2.05, 4.69) is 0 Å². The van der Waals surface area contributed by atoms with Gasteiger partial charge >= 0.3 is 0 Å². The molecule has 0 radical (unpaired) electrons. The van der Waals surface area contributed by atoms with E-state index in [0.717, 1.165) is 5.56 Å². The molecule has 1 rings (SSSR count). The lowest BCUT2D eigenvalue weighted by atomic mass is 9.78. The van der Waals surface area contributed by atoms with Crippen molar-refractivity contribution in [1.82, 2.24) is 0 Å². The number of benzene rings is 1. The smallest absolute Gasteiger partial charge is 0.147 e. The zero-order valence-electron chi connectivity index (χ0n) is 10.8. The molecule has 0 aliphatic carbocycles. The van der Waals surface area contributed by atoms with Crippen LogP contribution >= 0.6 is 11.6 Å². The van der Waals surface area contributed by atoms with Crippen molar-refractivity contribution in [2.75, 3.05) is 25.2 Å². The maximum Gasteiger partial charge on any atom is 0.147 e. The van der Waals surface area contributed by atoms with Crippen molar-refractivity contribution < 1.29 is 18.6 Å². The summed E-state index contributed by atoms with van der Waals surface area (Å²) in [6.07, 6.45) is 1.94. The third-order valence-corrected chi connectivity index (χ3v) is 4.48. The van der Waals surface area contributed by atoms with Gasteiger partial charge in [-0.15, -0.1) is 0 Å². The third-order valence-electron chi connectivity index (χ3n) is 3.21. The molecule has 0 saturated heterocycles. The van der Waals surface area contributed by atoms with Gasteiger partial charge in [-0.2, -0.15) is 0 Å². The molecule has 0 aliphatic rings. The van der Waals surface area contributed by atoms with Gasteiger partial charge in [0.05, 0.1) is 13.2 Å². The van der Waals surface area contributed by atoms with Crippen LogP contribution < -0.4 is 0 Å². The Labute approximate surface area is 119 Å². The SMILES string of the molecule is CS(=O)(=O)CCCC(CO)(CO)c1cccc(Cl)c1. The molecule has 0 aliphatic heterocycles. The van der Waals surface area contributed by atoms with Crippen LogP contribution in [0.3, 0.4) is 0 Å². The van der Waals surface area contributed by atoms with Crippen LogP contribution in [0, 0.1) is 0 Å². The van der Waals surface area contributed by atoms with Gasteiger partial charge in [0.2, 0.25) is 0 Å². The van der Waals surface area contributed by atoms with Crippen molar-refractivity contribution in [2.24, 2.45) is 0 Å². The third kappa shape index (κ3) is 4.76. The van der Waals surface area contributed by atoms with Gasteiger partial charge in [0.25, 0.3) is 0 Å².